The van der Waals surface area contributed by atoms with Crippen molar-refractivity contribution in [1.82, 2.24) is 5.32 Å². The maximum absolute atomic E-state index is 11.3. The van der Waals surface area contributed by atoms with E-state index >= 15 is 0 Å². The molecule has 0 saturated heterocycles. The van der Waals surface area contributed by atoms with Gasteiger partial charge in [0.15, 0.2) is 5.60 Å². The smallest absolute Gasteiger partial charge is 0.256 e. The molecule has 0 saturated carbocycles. The Morgan fingerprint density at radius 2 is 2.17 bits per heavy atom. The lowest BCUT2D eigenvalue weighted by molar-refractivity contribution is -0.137. The highest BCUT2D eigenvalue weighted by atomic mass is 16.3. The van der Waals surface area contributed by atoms with Crippen LogP contribution in [0.3, 0.4) is 0 Å². The Bertz CT molecular complexity index is 245. The molecule has 3 nitrogen and oxygen atoms in total. The topological polar surface area (TPSA) is 49.3 Å². The fraction of sp³-hybridized carbons (Fsp3) is 0.667. The number of aliphatic hydroxyl groups is 1. The number of carbonyl (C=O) groups excluding carboxylic acids is 1. The first-order valence-electron chi connectivity index (χ1n) is 4.20. The molecule has 0 aromatic rings. The summed E-state index contributed by atoms with van der Waals surface area (Å²) < 4.78 is 0. The van der Waals surface area contributed by atoms with Crippen molar-refractivity contribution in [3.63, 3.8) is 0 Å². The molecule has 1 aliphatic heterocycles. The van der Waals surface area contributed by atoms with Crippen LogP contribution < -0.4 is 5.32 Å². The van der Waals surface area contributed by atoms with Gasteiger partial charge in [-0.2, -0.15) is 0 Å². The van der Waals surface area contributed by atoms with E-state index in [-0.39, 0.29) is 5.91 Å². The minimum absolute atomic E-state index is 0.270. The standard InChI is InChI=1S/C9H15NO2/c1-4-9(12)7(3)6(2)5-10-8(9)11/h12H,4-5H2,1-3H3,(H,10,11)/t9-/m1/s1. The zero-order valence-corrected chi connectivity index (χ0v) is 7.77. The van der Waals surface area contributed by atoms with Crippen LogP contribution in [0.4, 0.5) is 0 Å². The van der Waals surface area contributed by atoms with Gasteiger partial charge in [-0.25, -0.2) is 0 Å². The van der Waals surface area contributed by atoms with E-state index in [1.165, 1.54) is 0 Å². The van der Waals surface area contributed by atoms with Crippen LogP contribution in [-0.4, -0.2) is 23.2 Å². The van der Waals surface area contributed by atoms with Gasteiger partial charge in [0, 0.05) is 6.54 Å². The van der Waals surface area contributed by atoms with Gasteiger partial charge >= 0.3 is 0 Å². The Morgan fingerprint density at radius 1 is 1.58 bits per heavy atom. The first kappa shape index (κ1) is 9.26. The molecule has 0 unspecified atom stereocenters. The third kappa shape index (κ3) is 1.14. The SMILES string of the molecule is CC[C@]1(O)C(=O)NCC(C)=C1C. The van der Waals surface area contributed by atoms with Gasteiger partial charge in [-0.15, -0.1) is 0 Å². The summed E-state index contributed by atoms with van der Waals surface area (Å²) >= 11 is 0. The predicted molar refractivity (Wildman–Crippen MR) is 46.6 cm³/mol. The van der Waals surface area contributed by atoms with E-state index in [9.17, 15) is 9.90 Å². The normalized spacial score (nSPS) is 30.5. The minimum atomic E-state index is -1.26. The van der Waals surface area contributed by atoms with E-state index in [1.807, 2.05) is 20.8 Å². The number of hydrogen-bond acceptors (Lipinski definition) is 2. The van der Waals surface area contributed by atoms with Crippen molar-refractivity contribution in [2.24, 2.45) is 0 Å². The third-order valence-electron chi connectivity index (χ3n) is 2.66. The first-order chi connectivity index (χ1) is 5.52. The molecule has 0 fully saturated rings. The summed E-state index contributed by atoms with van der Waals surface area (Å²) in [6, 6.07) is 0. The van der Waals surface area contributed by atoms with E-state index in [4.69, 9.17) is 0 Å². The molecule has 0 bridgehead atoms. The van der Waals surface area contributed by atoms with Gasteiger partial charge in [-0.1, -0.05) is 12.5 Å². The Balaban J connectivity index is 3.10. The van der Waals surface area contributed by atoms with Crippen LogP contribution in [0.15, 0.2) is 11.1 Å². The van der Waals surface area contributed by atoms with E-state index < -0.39 is 5.60 Å². The molecule has 1 rings (SSSR count). The van der Waals surface area contributed by atoms with Gasteiger partial charge in [-0.3, -0.25) is 4.79 Å². The highest BCUT2D eigenvalue weighted by Crippen LogP contribution is 2.26. The van der Waals surface area contributed by atoms with Crippen molar-refractivity contribution in [2.75, 3.05) is 6.54 Å². The highest BCUT2D eigenvalue weighted by Gasteiger charge is 2.39. The molecule has 0 aromatic carbocycles. The largest absolute Gasteiger partial charge is 0.376 e. The van der Waals surface area contributed by atoms with E-state index in [1.54, 1.807) is 0 Å². The average Bonchev–Trinajstić information content (AvgIpc) is 2.08. The lowest BCUT2D eigenvalue weighted by Crippen LogP contribution is -2.51. The Kier molecular flexibility index (Phi) is 2.24. The third-order valence-corrected chi connectivity index (χ3v) is 2.66. The summed E-state index contributed by atoms with van der Waals surface area (Å²) in [5.41, 5.74) is 0.593. The number of rotatable bonds is 1. The second-order valence-corrected chi connectivity index (χ2v) is 3.30. The van der Waals surface area contributed by atoms with Crippen molar-refractivity contribution in [3.05, 3.63) is 11.1 Å². The summed E-state index contributed by atoms with van der Waals surface area (Å²) in [7, 11) is 0. The molecule has 1 aliphatic rings. The Hall–Kier alpha value is -0.830. The lowest BCUT2D eigenvalue weighted by atomic mass is 9.85. The zero-order chi connectivity index (χ0) is 9.35. The molecule has 12 heavy (non-hydrogen) atoms. The van der Waals surface area contributed by atoms with Gasteiger partial charge < -0.3 is 10.4 Å². The molecule has 1 amide bonds. The van der Waals surface area contributed by atoms with Crippen LogP contribution in [0.2, 0.25) is 0 Å². The number of nitrogens with one attached hydrogen (secondary N) is 1. The van der Waals surface area contributed by atoms with Gasteiger partial charge in [0.1, 0.15) is 0 Å². The average molecular weight is 169 g/mol. The Morgan fingerprint density at radius 3 is 2.58 bits per heavy atom. The fourth-order valence-corrected chi connectivity index (χ4v) is 1.44. The molecule has 0 aliphatic carbocycles. The molecular formula is C9H15NO2. The molecule has 1 atom stereocenters. The van der Waals surface area contributed by atoms with Gasteiger partial charge in [0.2, 0.25) is 0 Å². The monoisotopic (exact) mass is 169 g/mol. The zero-order valence-electron chi connectivity index (χ0n) is 7.77. The minimum Gasteiger partial charge on any atom is -0.376 e. The number of hydrogen-bond donors (Lipinski definition) is 2. The van der Waals surface area contributed by atoms with Crippen molar-refractivity contribution < 1.29 is 9.90 Å². The van der Waals surface area contributed by atoms with Crippen molar-refractivity contribution in [2.45, 2.75) is 32.8 Å². The number of amides is 1. The quantitative estimate of drug-likeness (QED) is 0.564. The van der Waals surface area contributed by atoms with E-state index in [0.717, 1.165) is 11.1 Å². The maximum atomic E-state index is 11.3. The summed E-state index contributed by atoms with van der Waals surface area (Å²) in [6.45, 7) is 6.11. The van der Waals surface area contributed by atoms with E-state index in [2.05, 4.69) is 5.32 Å². The Labute approximate surface area is 72.5 Å². The molecule has 3 heteroatoms. The molecule has 0 spiro atoms. The maximum Gasteiger partial charge on any atom is 0.256 e. The summed E-state index contributed by atoms with van der Waals surface area (Å²) in [5, 5.41) is 12.6. The van der Waals surface area contributed by atoms with Crippen molar-refractivity contribution in [3.8, 4) is 0 Å². The fourth-order valence-electron chi connectivity index (χ4n) is 1.44. The van der Waals surface area contributed by atoms with Crippen molar-refractivity contribution >= 4 is 5.91 Å². The highest BCUT2D eigenvalue weighted by molar-refractivity contribution is 5.90. The van der Waals surface area contributed by atoms with Crippen LogP contribution in [0.1, 0.15) is 27.2 Å². The van der Waals surface area contributed by atoms with Crippen LogP contribution >= 0.6 is 0 Å². The van der Waals surface area contributed by atoms with Crippen LogP contribution in [0.5, 0.6) is 0 Å². The van der Waals surface area contributed by atoms with Crippen LogP contribution in [-0.2, 0) is 4.79 Å². The van der Waals surface area contributed by atoms with Gasteiger partial charge in [0.05, 0.1) is 0 Å². The number of carbonyl (C=O) groups is 1. The molecule has 68 valence electrons. The summed E-state index contributed by atoms with van der Waals surface area (Å²) in [6.07, 6.45) is 0.433. The molecule has 2 N–H and O–H groups in total. The molecular weight excluding hydrogens is 154 g/mol. The molecule has 0 radical (unpaired) electrons. The van der Waals surface area contributed by atoms with Crippen molar-refractivity contribution in [1.29, 1.82) is 0 Å². The second-order valence-electron chi connectivity index (χ2n) is 3.30. The lowest BCUT2D eigenvalue weighted by Gasteiger charge is -2.32. The molecule has 0 aromatic heterocycles. The molecule has 1 heterocycles. The van der Waals surface area contributed by atoms with Crippen LogP contribution in [0, 0.1) is 0 Å². The van der Waals surface area contributed by atoms with Gasteiger partial charge in [0.25, 0.3) is 5.91 Å². The predicted octanol–water partition coefficient (Wildman–Crippen LogP) is 0.594. The summed E-state index contributed by atoms with van der Waals surface area (Å²) in [4.78, 5) is 11.3. The first-order valence-corrected chi connectivity index (χ1v) is 4.20. The van der Waals surface area contributed by atoms with Crippen LogP contribution in [0.25, 0.3) is 0 Å². The van der Waals surface area contributed by atoms with Gasteiger partial charge in [-0.05, 0) is 25.8 Å². The second kappa shape index (κ2) is 2.90. The van der Waals surface area contributed by atoms with E-state index in [0.29, 0.717) is 13.0 Å². The summed E-state index contributed by atoms with van der Waals surface area (Å²) in [5.74, 6) is -0.270.